The van der Waals surface area contributed by atoms with Crippen molar-refractivity contribution in [2.75, 3.05) is 12.5 Å². The molecule has 0 fully saturated rings. The Morgan fingerprint density at radius 1 is 1.00 bits per heavy atom. The van der Waals surface area contributed by atoms with Gasteiger partial charge in [-0.05, 0) is 24.1 Å². The third kappa shape index (κ3) is 7.16. The molecule has 4 heteroatoms. The van der Waals surface area contributed by atoms with Gasteiger partial charge in [-0.1, -0.05) is 51.2 Å². The average molecular weight is 315 g/mol. The number of hydrogen-bond donors (Lipinski definition) is 2. The Kier molecular flexibility index (Phi) is 9.48. The molecule has 0 saturated carbocycles. The lowest BCUT2D eigenvalue weighted by atomic mass is 10.1. The Morgan fingerprint density at radius 2 is 1.62 bits per heavy atom. The van der Waals surface area contributed by atoms with E-state index in [1.165, 1.54) is 32.1 Å². The van der Waals surface area contributed by atoms with Crippen molar-refractivity contribution in [3.05, 3.63) is 29.8 Å². The summed E-state index contributed by atoms with van der Waals surface area (Å²) in [5.74, 6) is 0.803. The average Bonchev–Trinajstić information content (AvgIpc) is 2.53. The highest BCUT2D eigenvalue weighted by Gasteiger charge is 2.16. The van der Waals surface area contributed by atoms with Crippen molar-refractivity contribution in [2.45, 2.75) is 57.7 Å². The fraction of sp³-hybridized carbons (Fsp3) is 0.647. The zero-order chi connectivity index (χ0) is 15.5. The van der Waals surface area contributed by atoms with Crippen LogP contribution in [0.2, 0.25) is 0 Å². The van der Waals surface area contributed by atoms with Gasteiger partial charge in [-0.25, -0.2) is 0 Å². The first-order valence-corrected chi connectivity index (χ1v) is 8.37. The molecule has 0 aromatic heterocycles. The van der Waals surface area contributed by atoms with Crippen LogP contribution in [-0.4, -0.2) is 28.8 Å². The molecule has 0 aliphatic rings. The van der Waals surface area contributed by atoms with Gasteiger partial charge in [0.25, 0.3) is 0 Å². The van der Waals surface area contributed by atoms with Crippen LogP contribution in [0.25, 0.3) is 0 Å². The van der Waals surface area contributed by atoms with E-state index in [0.29, 0.717) is 5.56 Å². The summed E-state index contributed by atoms with van der Waals surface area (Å²) in [7, 11) is 0. The third-order valence-corrected chi connectivity index (χ3v) is 3.83. The van der Waals surface area contributed by atoms with Gasteiger partial charge < -0.3 is 14.9 Å². The number of ether oxygens (including phenoxy) is 1. The van der Waals surface area contributed by atoms with Gasteiger partial charge in [-0.15, -0.1) is 11.6 Å². The highest BCUT2D eigenvalue weighted by molar-refractivity contribution is 6.18. The molecule has 0 bridgehead atoms. The highest BCUT2D eigenvalue weighted by Crippen LogP contribution is 2.21. The van der Waals surface area contributed by atoms with Crippen LogP contribution in [0.1, 0.15) is 57.1 Å². The van der Waals surface area contributed by atoms with Crippen LogP contribution in [0.4, 0.5) is 0 Å². The lowest BCUT2D eigenvalue weighted by Gasteiger charge is -2.16. The van der Waals surface area contributed by atoms with Crippen molar-refractivity contribution in [1.82, 2.24) is 0 Å². The number of hydrogen-bond acceptors (Lipinski definition) is 3. The molecule has 1 rings (SSSR count). The number of benzene rings is 1. The number of aliphatic hydroxyl groups excluding tert-OH is 2. The Hall–Kier alpha value is -0.770. The summed E-state index contributed by atoms with van der Waals surface area (Å²) < 4.78 is 5.66. The number of halogens is 1. The zero-order valence-corrected chi connectivity index (χ0v) is 13.6. The minimum atomic E-state index is -0.949. The molecule has 0 amide bonds. The van der Waals surface area contributed by atoms with Crippen LogP contribution < -0.4 is 4.74 Å². The first-order valence-electron chi connectivity index (χ1n) is 7.84. The topological polar surface area (TPSA) is 49.7 Å². The first kappa shape index (κ1) is 18.3. The summed E-state index contributed by atoms with van der Waals surface area (Å²) in [6.07, 6.45) is 5.56. The molecule has 0 radical (unpaired) electrons. The maximum absolute atomic E-state index is 9.82. The fourth-order valence-corrected chi connectivity index (χ4v) is 2.31. The van der Waals surface area contributed by atoms with Gasteiger partial charge in [0.05, 0.1) is 18.6 Å². The van der Waals surface area contributed by atoms with Crippen molar-refractivity contribution in [3.63, 3.8) is 0 Å². The standard InChI is InChI=1S/C17H27ClO3/c1-2-3-4-5-6-7-12-21-15-10-8-14(9-11-15)17(20)16(19)13-18/h8-11,16-17,19-20H,2-7,12-13H2,1H3. The van der Waals surface area contributed by atoms with E-state index in [-0.39, 0.29) is 5.88 Å². The summed E-state index contributed by atoms with van der Waals surface area (Å²) in [5, 5.41) is 19.3. The van der Waals surface area contributed by atoms with E-state index in [1.807, 2.05) is 12.1 Å². The predicted octanol–water partition coefficient (Wildman–Crippen LogP) is 4.06. The van der Waals surface area contributed by atoms with Crippen LogP contribution in [-0.2, 0) is 0 Å². The lowest BCUT2D eigenvalue weighted by molar-refractivity contribution is 0.0327. The van der Waals surface area contributed by atoms with Gasteiger partial charge in [0, 0.05) is 0 Å². The monoisotopic (exact) mass is 314 g/mol. The number of unbranched alkanes of at least 4 members (excludes halogenated alkanes) is 5. The molecular weight excluding hydrogens is 288 g/mol. The van der Waals surface area contributed by atoms with E-state index in [4.69, 9.17) is 16.3 Å². The maximum Gasteiger partial charge on any atom is 0.119 e. The van der Waals surface area contributed by atoms with Crippen LogP contribution in [0.3, 0.4) is 0 Å². The third-order valence-electron chi connectivity index (χ3n) is 3.51. The van der Waals surface area contributed by atoms with Crippen LogP contribution in [0, 0.1) is 0 Å². The fourth-order valence-electron chi connectivity index (χ4n) is 2.14. The van der Waals surface area contributed by atoms with Crippen molar-refractivity contribution < 1.29 is 14.9 Å². The van der Waals surface area contributed by atoms with Crippen LogP contribution >= 0.6 is 11.6 Å². The van der Waals surface area contributed by atoms with Gasteiger partial charge in [-0.3, -0.25) is 0 Å². The molecule has 2 N–H and O–H groups in total. The van der Waals surface area contributed by atoms with Gasteiger partial charge in [-0.2, -0.15) is 0 Å². The smallest absolute Gasteiger partial charge is 0.119 e. The number of rotatable bonds is 11. The van der Waals surface area contributed by atoms with E-state index in [1.54, 1.807) is 12.1 Å². The predicted molar refractivity (Wildman–Crippen MR) is 87.0 cm³/mol. The Labute approximate surface area is 132 Å². The molecule has 21 heavy (non-hydrogen) atoms. The molecule has 0 saturated heterocycles. The molecule has 0 spiro atoms. The van der Waals surface area contributed by atoms with E-state index >= 15 is 0 Å². The molecule has 3 nitrogen and oxygen atoms in total. The molecule has 1 aromatic carbocycles. The molecule has 1 aromatic rings. The molecule has 120 valence electrons. The second kappa shape index (κ2) is 10.9. The number of aliphatic hydroxyl groups is 2. The van der Waals surface area contributed by atoms with Gasteiger partial charge in [0.2, 0.25) is 0 Å². The zero-order valence-electron chi connectivity index (χ0n) is 12.8. The summed E-state index contributed by atoms with van der Waals surface area (Å²) in [6, 6.07) is 7.15. The van der Waals surface area contributed by atoms with E-state index < -0.39 is 12.2 Å². The van der Waals surface area contributed by atoms with Gasteiger partial charge >= 0.3 is 0 Å². The summed E-state index contributed by atoms with van der Waals surface area (Å²) in [5.41, 5.74) is 0.648. The van der Waals surface area contributed by atoms with E-state index in [0.717, 1.165) is 18.8 Å². The van der Waals surface area contributed by atoms with Crippen LogP contribution in [0.15, 0.2) is 24.3 Å². The Balaban J connectivity index is 2.25. The molecule has 2 atom stereocenters. The maximum atomic E-state index is 9.82. The minimum absolute atomic E-state index is 0.0114. The summed E-state index contributed by atoms with van der Waals surface area (Å²) >= 11 is 5.52. The quantitative estimate of drug-likeness (QED) is 0.478. The van der Waals surface area contributed by atoms with Crippen molar-refractivity contribution >= 4 is 11.6 Å². The first-order chi connectivity index (χ1) is 10.2. The van der Waals surface area contributed by atoms with Crippen molar-refractivity contribution in [3.8, 4) is 5.75 Å². The molecule has 0 aliphatic heterocycles. The molecule has 0 aliphatic carbocycles. The molecule has 0 heterocycles. The summed E-state index contributed by atoms with van der Waals surface area (Å²) in [6.45, 7) is 2.94. The second-order valence-corrected chi connectivity index (χ2v) is 5.66. The lowest BCUT2D eigenvalue weighted by Crippen LogP contribution is -2.19. The summed E-state index contributed by atoms with van der Waals surface area (Å²) in [4.78, 5) is 0. The Bertz CT molecular complexity index is 367. The normalized spacial score (nSPS) is 13.9. The minimum Gasteiger partial charge on any atom is -0.494 e. The molecular formula is C17H27ClO3. The highest BCUT2D eigenvalue weighted by atomic mass is 35.5. The van der Waals surface area contributed by atoms with Gasteiger partial charge in [0.1, 0.15) is 11.9 Å². The van der Waals surface area contributed by atoms with E-state index in [9.17, 15) is 10.2 Å². The number of alkyl halides is 1. The van der Waals surface area contributed by atoms with Crippen molar-refractivity contribution in [1.29, 1.82) is 0 Å². The second-order valence-electron chi connectivity index (χ2n) is 5.35. The van der Waals surface area contributed by atoms with E-state index in [2.05, 4.69) is 6.92 Å². The largest absolute Gasteiger partial charge is 0.494 e. The van der Waals surface area contributed by atoms with Crippen LogP contribution in [0.5, 0.6) is 5.75 Å². The van der Waals surface area contributed by atoms with Gasteiger partial charge in [0.15, 0.2) is 0 Å². The Morgan fingerprint density at radius 3 is 2.24 bits per heavy atom. The molecule has 2 unspecified atom stereocenters. The SMILES string of the molecule is CCCCCCCCOc1ccc(C(O)C(O)CCl)cc1. The van der Waals surface area contributed by atoms with Crippen molar-refractivity contribution in [2.24, 2.45) is 0 Å².